The number of hydrogen-bond acceptors (Lipinski definition) is 6. The summed E-state index contributed by atoms with van der Waals surface area (Å²) in [5.41, 5.74) is -0.411. The van der Waals surface area contributed by atoms with Gasteiger partial charge < -0.3 is 14.4 Å². The number of carbonyl (C=O) groups excluding carboxylic acids is 1. The second kappa shape index (κ2) is 8.94. The van der Waals surface area contributed by atoms with Crippen LogP contribution in [0.3, 0.4) is 0 Å². The smallest absolute Gasteiger partial charge is 0.433 e. The molecule has 31 heavy (non-hydrogen) atoms. The van der Waals surface area contributed by atoms with E-state index < -0.39 is 11.9 Å². The van der Waals surface area contributed by atoms with E-state index >= 15 is 0 Å². The molecule has 0 bridgehead atoms. The molecule has 2 aliphatic heterocycles. The van der Waals surface area contributed by atoms with Gasteiger partial charge in [-0.3, -0.25) is 4.79 Å². The molecular formula is C21H22F3N3O3S. The van der Waals surface area contributed by atoms with Gasteiger partial charge in [0.25, 0.3) is 0 Å². The van der Waals surface area contributed by atoms with Gasteiger partial charge in [0, 0.05) is 30.8 Å². The van der Waals surface area contributed by atoms with E-state index in [9.17, 15) is 18.0 Å². The van der Waals surface area contributed by atoms with Crippen LogP contribution in [0.5, 0.6) is 11.5 Å². The van der Waals surface area contributed by atoms with Crippen molar-refractivity contribution < 1.29 is 27.4 Å². The first kappa shape index (κ1) is 21.7. The molecule has 4 rings (SSSR count). The number of thioether (sulfide) groups is 1. The molecule has 3 heterocycles. The number of likely N-dealkylation sites (tertiary alicyclic amines) is 1. The number of rotatable bonds is 5. The van der Waals surface area contributed by atoms with Crippen molar-refractivity contribution in [1.29, 1.82) is 0 Å². The Hall–Kier alpha value is -2.49. The fourth-order valence-electron chi connectivity index (χ4n) is 3.48. The molecule has 1 aromatic carbocycles. The van der Waals surface area contributed by atoms with Gasteiger partial charge in [0.2, 0.25) is 12.7 Å². The summed E-state index contributed by atoms with van der Waals surface area (Å²) in [6, 6.07) is 5.78. The van der Waals surface area contributed by atoms with Crippen molar-refractivity contribution in [3.8, 4) is 22.8 Å². The van der Waals surface area contributed by atoms with Gasteiger partial charge in [0.15, 0.2) is 16.7 Å². The maximum absolute atomic E-state index is 13.4. The van der Waals surface area contributed by atoms with Crippen molar-refractivity contribution in [2.45, 2.75) is 37.5 Å². The van der Waals surface area contributed by atoms with Gasteiger partial charge in [-0.25, -0.2) is 9.97 Å². The lowest BCUT2D eigenvalue weighted by atomic mass is 9.99. The standard InChI is InChI=1S/C21H22F3N3O3S/c1-13-4-7-27(8-5-13)19(28)6-9-31-20-25-15(11-18(26-20)21(22,23)24)14-2-3-16-17(10-14)30-12-29-16/h2-3,10-11,13H,4-9,12H2,1H3. The Labute approximate surface area is 182 Å². The minimum absolute atomic E-state index is 0.0115. The van der Waals surface area contributed by atoms with Crippen molar-refractivity contribution in [2.75, 3.05) is 25.6 Å². The summed E-state index contributed by atoms with van der Waals surface area (Å²) in [5, 5.41) is -0.0115. The molecule has 6 nitrogen and oxygen atoms in total. The highest BCUT2D eigenvalue weighted by molar-refractivity contribution is 7.99. The minimum atomic E-state index is -4.61. The highest BCUT2D eigenvalue weighted by Crippen LogP contribution is 2.37. The minimum Gasteiger partial charge on any atom is -0.454 e. The number of piperidine rings is 1. The van der Waals surface area contributed by atoms with Gasteiger partial charge in [-0.2, -0.15) is 13.2 Å². The second-order valence-corrected chi connectivity index (χ2v) is 8.71. The number of alkyl halides is 3. The van der Waals surface area contributed by atoms with Crippen LogP contribution in [-0.4, -0.2) is 46.4 Å². The van der Waals surface area contributed by atoms with E-state index in [0.29, 0.717) is 28.7 Å². The Balaban J connectivity index is 1.48. The topological polar surface area (TPSA) is 64.6 Å². The molecule has 0 saturated carbocycles. The zero-order chi connectivity index (χ0) is 22.0. The Morgan fingerprint density at radius 3 is 2.65 bits per heavy atom. The van der Waals surface area contributed by atoms with Gasteiger partial charge in [0.05, 0.1) is 5.69 Å². The Bertz CT molecular complexity index is 963. The molecule has 10 heteroatoms. The van der Waals surface area contributed by atoms with E-state index in [0.717, 1.165) is 43.8 Å². The molecule has 0 unspecified atom stereocenters. The molecule has 2 aliphatic rings. The van der Waals surface area contributed by atoms with Crippen LogP contribution < -0.4 is 9.47 Å². The summed E-state index contributed by atoms with van der Waals surface area (Å²) in [6.07, 6.45) is -2.41. The van der Waals surface area contributed by atoms with Crippen LogP contribution in [0, 0.1) is 5.92 Å². The Morgan fingerprint density at radius 2 is 1.90 bits per heavy atom. The van der Waals surface area contributed by atoms with E-state index in [1.807, 2.05) is 4.90 Å². The number of hydrogen-bond donors (Lipinski definition) is 0. The lowest BCUT2D eigenvalue weighted by molar-refractivity contribution is -0.141. The second-order valence-electron chi connectivity index (χ2n) is 7.65. The third-order valence-corrected chi connectivity index (χ3v) is 6.20. The SMILES string of the molecule is CC1CCN(C(=O)CCSc2nc(-c3ccc4c(c3)OCO4)cc(C(F)(F)F)n2)CC1. The summed E-state index contributed by atoms with van der Waals surface area (Å²) in [6.45, 7) is 3.71. The monoisotopic (exact) mass is 453 g/mol. The number of benzene rings is 1. The van der Waals surface area contributed by atoms with Crippen LogP contribution in [0.2, 0.25) is 0 Å². The number of ether oxygens (including phenoxy) is 2. The fourth-order valence-corrected chi connectivity index (χ4v) is 4.27. The lowest BCUT2D eigenvalue weighted by Gasteiger charge is -2.30. The third kappa shape index (κ3) is 5.23. The molecule has 1 fully saturated rings. The predicted molar refractivity (Wildman–Crippen MR) is 109 cm³/mol. The van der Waals surface area contributed by atoms with E-state index in [-0.39, 0.29) is 30.0 Å². The number of fused-ring (bicyclic) bond motifs is 1. The van der Waals surface area contributed by atoms with Crippen LogP contribution in [0.15, 0.2) is 29.4 Å². The van der Waals surface area contributed by atoms with E-state index in [4.69, 9.17) is 9.47 Å². The van der Waals surface area contributed by atoms with Crippen molar-refractivity contribution in [3.63, 3.8) is 0 Å². The number of aromatic nitrogens is 2. The number of carbonyl (C=O) groups is 1. The Kier molecular flexibility index (Phi) is 6.27. The van der Waals surface area contributed by atoms with E-state index in [1.54, 1.807) is 18.2 Å². The number of halogens is 3. The summed E-state index contributed by atoms with van der Waals surface area (Å²) in [7, 11) is 0. The molecule has 0 spiro atoms. The first-order valence-electron chi connectivity index (χ1n) is 10.1. The van der Waals surface area contributed by atoms with Crippen LogP contribution >= 0.6 is 11.8 Å². The highest BCUT2D eigenvalue weighted by Gasteiger charge is 2.34. The van der Waals surface area contributed by atoms with Gasteiger partial charge in [-0.15, -0.1) is 0 Å². The molecule has 0 atom stereocenters. The van der Waals surface area contributed by atoms with Crippen molar-refractivity contribution in [1.82, 2.24) is 14.9 Å². The van der Waals surface area contributed by atoms with E-state index in [2.05, 4.69) is 16.9 Å². The van der Waals surface area contributed by atoms with Crippen molar-refractivity contribution in [3.05, 3.63) is 30.0 Å². The highest BCUT2D eigenvalue weighted by atomic mass is 32.2. The summed E-state index contributed by atoms with van der Waals surface area (Å²) in [4.78, 5) is 22.2. The maximum Gasteiger partial charge on any atom is 0.433 e. The average Bonchev–Trinajstić information content (AvgIpc) is 3.21. The van der Waals surface area contributed by atoms with Gasteiger partial charge >= 0.3 is 6.18 Å². The van der Waals surface area contributed by atoms with Crippen molar-refractivity contribution in [2.24, 2.45) is 5.92 Å². The first-order chi connectivity index (χ1) is 14.8. The average molecular weight is 453 g/mol. The zero-order valence-electron chi connectivity index (χ0n) is 16.9. The molecule has 0 aliphatic carbocycles. The molecule has 2 aromatic rings. The molecule has 0 N–H and O–H groups in total. The predicted octanol–water partition coefficient (Wildman–Crippen LogP) is 4.63. The van der Waals surface area contributed by atoms with Crippen molar-refractivity contribution >= 4 is 17.7 Å². The first-order valence-corrected chi connectivity index (χ1v) is 11.0. The molecule has 1 amide bonds. The van der Waals surface area contributed by atoms with Gasteiger partial charge in [0.1, 0.15) is 5.69 Å². The van der Waals surface area contributed by atoms with Crippen LogP contribution in [0.1, 0.15) is 31.9 Å². The molecule has 166 valence electrons. The van der Waals surface area contributed by atoms with Crippen LogP contribution in [0.25, 0.3) is 11.3 Å². The van der Waals surface area contributed by atoms with E-state index in [1.165, 1.54) is 0 Å². The number of amides is 1. The quantitative estimate of drug-likeness (QED) is 0.486. The number of nitrogens with zero attached hydrogens (tertiary/aromatic N) is 3. The molecular weight excluding hydrogens is 431 g/mol. The zero-order valence-corrected chi connectivity index (χ0v) is 17.8. The normalized spacial score (nSPS) is 16.6. The molecule has 0 radical (unpaired) electrons. The largest absolute Gasteiger partial charge is 0.454 e. The molecule has 1 saturated heterocycles. The maximum atomic E-state index is 13.4. The summed E-state index contributed by atoms with van der Waals surface area (Å²) >= 11 is 1.05. The van der Waals surface area contributed by atoms with Crippen LogP contribution in [0.4, 0.5) is 13.2 Å². The molecule has 1 aromatic heterocycles. The van der Waals surface area contributed by atoms with Gasteiger partial charge in [-0.05, 0) is 43.0 Å². The summed E-state index contributed by atoms with van der Waals surface area (Å²) < 4.78 is 50.8. The van der Waals surface area contributed by atoms with Crippen LogP contribution in [-0.2, 0) is 11.0 Å². The Morgan fingerprint density at radius 1 is 1.16 bits per heavy atom. The summed E-state index contributed by atoms with van der Waals surface area (Å²) in [5.74, 6) is 1.94. The van der Waals surface area contributed by atoms with Gasteiger partial charge in [-0.1, -0.05) is 18.7 Å². The fraction of sp³-hybridized carbons (Fsp3) is 0.476. The lowest BCUT2D eigenvalue weighted by Crippen LogP contribution is -2.38. The third-order valence-electron chi connectivity index (χ3n) is 5.35.